The SMILES string of the molecule is CCc1cc(=O)[nH]c(CSC2CCCCC2)n1. The molecule has 0 saturated heterocycles. The molecule has 1 N–H and O–H groups in total. The second-order valence-corrected chi connectivity index (χ2v) is 5.90. The second kappa shape index (κ2) is 6.24. The van der Waals surface area contributed by atoms with E-state index in [0.717, 1.165) is 28.9 Å². The van der Waals surface area contributed by atoms with Gasteiger partial charge in [0.1, 0.15) is 5.82 Å². The molecular formula is C13H20N2OS. The molecular weight excluding hydrogens is 232 g/mol. The van der Waals surface area contributed by atoms with Crippen LogP contribution in [0.25, 0.3) is 0 Å². The summed E-state index contributed by atoms with van der Waals surface area (Å²) in [7, 11) is 0. The van der Waals surface area contributed by atoms with Crippen LogP contribution in [0, 0.1) is 0 Å². The lowest BCUT2D eigenvalue weighted by molar-refractivity contribution is 0.516. The summed E-state index contributed by atoms with van der Waals surface area (Å²) in [4.78, 5) is 18.7. The lowest BCUT2D eigenvalue weighted by Crippen LogP contribution is -2.13. The van der Waals surface area contributed by atoms with Gasteiger partial charge >= 0.3 is 0 Å². The molecule has 1 aromatic heterocycles. The van der Waals surface area contributed by atoms with Crippen LogP contribution in [0.4, 0.5) is 0 Å². The van der Waals surface area contributed by atoms with E-state index in [2.05, 4.69) is 9.97 Å². The first-order valence-electron chi connectivity index (χ1n) is 6.48. The van der Waals surface area contributed by atoms with Gasteiger partial charge in [0.2, 0.25) is 0 Å². The first-order chi connectivity index (χ1) is 8.28. The highest BCUT2D eigenvalue weighted by Crippen LogP contribution is 2.29. The van der Waals surface area contributed by atoms with Crippen molar-refractivity contribution < 1.29 is 0 Å². The van der Waals surface area contributed by atoms with Gasteiger partial charge in [-0.3, -0.25) is 4.79 Å². The molecule has 17 heavy (non-hydrogen) atoms. The number of thioether (sulfide) groups is 1. The molecule has 0 bridgehead atoms. The smallest absolute Gasteiger partial charge is 0.251 e. The normalized spacial score (nSPS) is 17.2. The van der Waals surface area contributed by atoms with Crippen LogP contribution in [0.15, 0.2) is 10.9 Å². The van der Waals surface area contributed by atoms with Crippen molar-refractivity contribution in [1.29, 1.82) is 0 Å². The van der Waals surface area contributed by atoms with Gasteiger partial charge in [0.25, 0.3) is 5.56 Å². The molecule has 3 nitrogen and oxygen atoms in total. The van der Waals surface area contributed by atoms with Gasteiger partial charge in [-0.2, -0.15) is 11.8 Å². The van der Waals surface area contributed by atoms with E-state index in [0.29, 0.717) is 0 Å². The third-order valence-electron chi connectivity index (χ3n) is 3.21. The predicted molar refractivity (Wildman–Crippen MR) is 72.4 cm³/mol. The fraction of sp³-hybridized carbons (Fsp3) is 0.692. The summed E-state index contributed by atoms with van der Waals surface area (Å²) >= 11 is 1.95. The first-order valence-corrected chi connectivity index (χ1v) is 7.53. The average molecular weight is 252 g/mol. The molecule has 0 unspecified atom stereocenters. The maximum absolute atomic E-state index is 11.4. The summed E-state index contributed by atoms with van der Waals surface area (Å²) in [6, 6.07) is 1.59. The van der Waals surface area contributed by atoms with E-state index in [1.165, 1.54) is 32.1 Å². The molecule has 2 rings (SSSR count). The number of nitrogens with one attached hydrogen (secondary N) is 1. The van der Waals surface area contributed by atoms with Crippen LogP contribution in [0.1, 0.15) is 50.5 Å². The van der Waals surface area contributed by atoms with Gasteiger partial charge in [0.15, 0.2) is 0 Å². The van der Waals surface area contributed by atoms with Gasteiger partial charge in [-0.15, -0.1) is 0 Å². The Morgan fingerprint density at radius 3 is 2.88 bits per heavy atom. The quantitative estimate of drug-likeness (QED) is 0.896. The zero-order valence-corrected chi connectivity index (χ0v) is 11.2. The standard InChI is InChI=1S/C13H20N2OS/c1-2-10-8-13(16)15-12(14-10)9-17-11-6-4-3-5-7-11/h8,11H,2-7,9H2,1H3,(H,14,15,16). The Bertz CT molecular complexity index is 410. The zero-order valence-electron chi connectivity index (χ0n) is 10.4. The molecule has 0 atom stereocenters. The van der Waals surface area contributed by atoms with Crippen molar-refractivity contribution in [2.24, 2.45) is 0 Å². The van der Waals surface area contributed by atoms with Crippen LogP contribution < -0.4 is 5.56 Å². The minimum atomic E-state index is -0.0175. The Balaban J connectivity index is 1.93. The van der Waals surface area contributed by atoms with Crippen molar-refractivity contribution in [3.05, 3.63) is 27.9 Å². The minimum absolute atomic E-state index is 0.0175. The number of aromatic amines is 1. The van der Waals surface area contributed by atoms with Crippen LogP contribution in [0.3, 0.4) is 0 Å². The topological polar surface area (TPSA) is 45.8 Å². The molecule has 0 aromatic carbocycles. The lowest BCUT2D eigenvalue weighted by atomic mass is 10.0. The van der Waals surface area contributed by atoms with Crippen LogP contribution in [0.5, 0.6) is 0 Å². The van der Waals surface area contributed by atoms with Gasteiger partial charge in [-0.1, -0.05) is 26.2 Å². The van der Waals surface area contributed by atoms with E-state index < -0.39 is 0 Å². The molecule has 1 fully saturated rings. The Morgan fingerprint density at radius 1 is 1.41 bits per heavy atom. The molecule has 1 aromatic rings. The van der Waals surface area contributed by atoms with Crippen molar-refractivity contribution in [2.45, 2.75) is 56.5 Å². The van der Waals surface area contributed by atoms with E-state index in [-0.39, 0.29) is 5.56 Å². The largest absolute Gasteiger partial charge is 0.310 e. The summed E-state index contributed by atoms with van der Waals surface area (Å²) < 4.78 is 0. The molecule has 1 aliphatic rings. The fourth-order valence-electron chi connectivity index (χ4n) is 2.24. The Labute approximate surface area is 106 Å². The maximum Gasteiger partial charge on any atom is 0.251 e. The van der Waals surface area contributed by atoms with Crippen LogP contribution in [-0.2, 0) is 12.2 Å². The Hall–Kier alpha value is -0.770. The summed E-state index contributed by atoms with van der Waals surface area (Å²) in [5, 5.41) is 0.763. The first kappa shape index (κ1) is 12.7. The average Bonchev–Trinajstić information content (AvgIpc) is 2.37. The summed E-state index contributed by atoms with van der Waals surface area (Å²) in [6.07, 6.45) is 7.57. The summed E-state index contributed by atoms with van der Waals surface area (Å²) in [5.74, 6) is 1.68. The van der Waals surface area contributed by atoms with E-state index in [4.69, 9.17) is 0 Å². The number of H-pyrrole nitrogens is 1. The van der Waals surface area contributed by atoms with Gasteiger partial charge in [-0.25, -0.2) is 4.98 Å². The molecule has 1 aliphatic carbocycles. The number of nitrogens with zero attached hydrogens (tertiary/aromatic N) is 1. The van der Waals surface area contributed by atoms with Crippen LogP contribution in [-0.4, -0.2) is 15.2 Å². The van der Waals surface area contributed by atoms with Gasteiger partial charge in [-0.05, 0) is 19.3 Å². The molecule has 0 aliphatic heterocycles. The third-order valence-corrected chi connectivity index (χ3v) is 4.60. The highest BCUT2D eigenvalue weighted by Gasteiger charge is 2.14. The summed E-state index contributed by atoms with van der Waals surface area (Å²) in [6.45, 7) is 2.03. The third kappa shape index (κ3) is 3.87. The second-order valence-electron chi connectivity index (χ2n) is 4.61. The number of rotatable bonds is 4. The van der Waals surface area contributed by atoms with Gasteiger partial charge < -0.3 is 4.98 Å². The number of hydrogen-bond donors (Lipinski definition) is 1. The van der Waals surface area contributed by atoms with Crippen molar-refractivity contribution in [3.8, 4) is 0 Å². The number of aryl methyl sites for hydroxylation is 1. The Kier molecular flexibility index (Phi) is 4.66. The van der Waals surface area contributed by atoms with Crippen LogP contribution in [0.2, 0.25) is 0 Å². The van der Waals surface area contributed by atoms with Crippen molar-refractivity contribution in [3.63, 3.8) is 0 Å². The van der Waals surface area contributed by atoms with E-state index in [1.54, 1.807) is 6.07 Å². The van der Waals surface area contributed by atoms with E-state index in [9.17, 15) is 4.79 Å². The minimum Gasteiger partial charge on any atom is -0.310 e. The highest BCUT2D eigenvalue weighted by atomic mass is 32.2. The lowest BCUT2D eigenvalue weighted by Gasteiger charge is -2.20. The van der Waals surface area contributed by atoms with E-state index in [1.807, 2.05) is 18.7 Å². The van der Waals surface area contributed by atoms with E-state index >= 15 is 0 Å². The van der Waals surface area contributed by atoms with Crippen molar-refractivity contribution in [1.82, 2.24) is 9.97 Å². The van der Waals surface area contributed by atoms with Gasteiger partial charge in [0.05, 0.1) is 5.75 Å². The van der Waals surface area contributed by atoms with Crippen molar-refractivity contribution in [2.75, 3.05) is 0 Å². The fourth-order valence-corrected chi connectivity index (χ4v) is 3.44. The monoisotopic (exact) mass is 252 g/mol. The maximum atomic E-state index is 11.4. The molecule has 1 heterocycles. The number of aromatic nitrogens is 2. The van der Waals surface area contributed by atoms with Crippen molar-refractivity contribution >= 4 is 11.8 Å². The highest BCUT2D eigenvalue weighted by molar-refractivity contribution is 7.99. The predicted octanol–water partition coefficient (Wildman–Crippen LogP) is 2.90. The van der Waals surface area contributed by atoms with Gasteiger partial charge in [0, 0.05) is 17.0 Å². The molecule has 0 radical (unpaired) electrons. The molecule has 4 heteroatoms. The zero-order chi connectivity index (χ0) is 12.1. The number of hydrogen-bond acceptors (Lipinski definition) is 3. The molecule has 1 saturated carbocycles. The molecule has 0 spiro atoms. The summed E-state index contributed by atoms with van der Waals surface area (Å²) in [5.41, 5.74) is 0.879. The Morgan fingerprint density at radius 2 is 2.18 bits per heavy atom. The van der Waals surface area contributed by atoms with Crippen LogP contribution >= 0.6 is 11.8 Å². The molecule has 0 amide bonds. The molecule has 94 valence electrons.